The summed E-state index contributed by atoms with van der Waals surface area (Å²) in [6, 6.07) is 1.04. The van der Waals surface area contributed by atoms with Gasteiger partial charge in [-0.15, -0.1) is 0 Å². The van der Waals surface area contributed by atoms with Gasteiger partial charge in [-0.25, -0.2) is 0 Å². The summed E-state index contributed by atoms with van der Waals surface area (Å²) in [5.74, 6) is 0.917. The Labute approximate surface area is 115 Å². The van der Waals surface area contributed by atoms with E-state index >= 15 is 0 Å². The van der Waals surface area contributed by atoms with Crippen molar-refractivity contribution in [2.75, 3.05) is 19.6 Å². The highest BCUT2D eigenvalue weighted by molar-refractivity contribution is 5.02. The molecule has 1 aromatic heterocycles. The first kappa shape index (κ1) is 13.0. The Balaban J connectivity index is 1.66. The molecule has 1 saturated carbocycles. The van der Waals surface area contributed by atoms with Crippen LogP contribution >= 0.6 is 0 Å². The number of hydrogen-bond acceptors (Lipinski definition) is 4. The summed E-state index contributed by atoms with van der Waals surface area (Å²) >= 11 is 0. The number of hydrogen-bond donors (Lipinski definition) is 1. The van der Waals surface area contributed by atoms with Crippen LogP contribution in [0.1, 0.15) is 44.3 Å². The second-order valence-electron chi connectivity index (χ2n) is 6.00. The van der Waals surface area contributed by atoms with Gasteiger partial charge < -0.3 is 5.32 Å². The van der Waals surface area contributed by atoms with Crippen LogP contribution in [-0.4, -0.2) is 40.5 Å². The third kappa shape index (κ3) is 3.51. The van der Waals surface area contributed by atoms with Crippen LogP contribution < -0.4 is 5.32 Å². The maximum atomic E-state index is 4.48. The summed E-state index contributed by atoms with van der Waals surface area (Å²) in [6.45, 7) is 5.81. The third-order valence-electron chi connectivity index (χ3n) is 4.37. The molecule has 1 aromatic rings. The summed E-state index contributed by atoms with van der Waals surface area (Å²) in [4.78, 5) is 11.3. The Bertz CT molecular complexity index is 384. The number of rotatable bonds is 6. The quantitative estimate of drug-likeness (QED) is 0.849. The number of aromatic nitrogens is 2. The summed E-state index contributed by atoms with van der Waals surface area (Å²) in [7, 11) is 0. The van der Waals surface area contributed by atoms with Gasteiger partial charge in [0.2, 0.25) is 0 Å². The molecule has 0 radical (unpaired) electrons. The van der Waals surface area contributed by atoms with E-state index in [0.29, 0.717) is 12.1 Å². The van der Waals surface area contributed by atoms with Gasteiger partial charge in [0.05, 0.1) is 11.7 Å². The van der Waals surface area contributed by atoms with Crippen molar-refractivity contribution in [2.24, 2.45) is 5.92 Å². The largest absolute Gasteiger partial charge is 0.313 e. The van der Waals surface area contributed by atoms with Gasteiger partial charge in [-0.2, -0.15) is 0 Å². The predicted octanol–water partition coefficient (Wildman–Crippen LogP) is 2.00. The fraction of sp³-hybridized carbons (Fsp3) is 0.733. The zero-order valence-corrected chi connectivity index (χ0v) is 11.8. The highest BCUT2D eigenvalue weighted by Crippen LogP contribution is 2.32. The molecule has 104 valence electrons. The molecule has 1 aliphatic carbocycles. The maximum absolute atomic E-state index is 4.48. The molecule has 2 fully saturated rings. The lowest BCUT2D eigenvalue weighted by Crippen LogP contribution is -2.40. The molecule has 0 spiro atoms. The zero-order chi connectivity index (χ0) is 13.1. The van der Waals surface area contributed by atoms with Gasteiger partial charge in [0.15, 0.2) is 0 Å². The molecule has 0 amide bonds. The van der Waals surface area contributed by atoms with E-state index in [2.05, 4.69) is 27.1 Å². The van der Waals surface area contributed by atoms with Crippen molar-refractivity contribution in [3.8, 4) is 0 Å². The fourth-order valence-electron chi connectivity index (χ4n) is 2.93. The van der Waals surface area contributed by atoms with Crippen molar-refractivity contribution in [1.29, 1.82) is 0 Å². The van der Waals surface area contributed by atoms with Crippen LogP contribution in [0.4, 0.5) is 0 Å². The highest BCUT2D eigenvalue weighted by atomic mass is 15.2. The van der Waals surface area contributed by atoms with Crippen molar-refractivity contribution in [3.05, 3.63) is 24.3 Å². The molecule has 1 N–H and O–H groups in total. The van der Waals surface area contributed by atoms with Crippen molar-refractivity contribution < 1.29 is 0 Å². The van der Waals surface area contributed by atoms with Crippen LogP contribution in [-0.2, 0) is 0 Å². The van der Waals surface area contributed by atoms with Gasteiger partial charge >= 0.3 is 0 Å². The molecule has 1 aliphatic heterocycles. The van der Waals surface area contributed by atoms with Gasteiger partial charge in [-0.1, -0.05) is 0 Å². The molecule has 19 heavy (non-hydrogen) atoms. The molecule has 3 rings (SSSR count). The lowest BCUT2D eigenvalue weighted by atomic mass is 10.1. The van der Waals surface area contributed by atoms with E-state index in [-0.39, 0.29) is 0 Å². The molecule has 2 atom stereocenters. The molecule has 2 heterocycles. The standard InChI is InChI=1S/C15H24N4/c1-12(15-9-16-7-8-18-15)19(10-13-4-5-13)11-14-3-2-6-17-14/h7-9,12-14,17H,2-6,10-11H2,1H3. The van der Waals surface area contributed by atoms with E-state index < -0.39 is 0 Å². The SMILES string of the molecule is CC(c1cnccn1)N(CC1CC1)CC1CCCN1. The third-order valence-corrected chi connectivity index (χ3v) is 4.37. The zero-order valence-electron chi connectivity index (χ0n) is 11.8. The minimum absolute atomic E-state index is 0.372. The molecular formula is C15H24N4. The predicted molar refractivity (Wildman–Crippen MR) is 75.8 cm³/mol. The highest BCUT2D eigenvalue weighted by Gasteiger charge is 2.29. The Hall–Kier alpha value is -1.00. The number of nitrogens with zero attached hydrogens (tertiary/aromatic N) is 3. The van der Waals surface area contributed by atoms with E-state index in [1.807, 2.05) is 6.20 Å². The number of nitrogens with one attached hydrogen (secondary N) is 1. The molecular weight excluding hydrogens is 236 g/mol. The minimum atomic E-state index is 0.372. The summed E-state index contributed by atoms with van der Waals surface area (Å²) < 4.78 is 0. The van der Waals surface area contributed by atoms with Crippen LogP contribution in [0.3, 0.4) is 0 Å². The Morgan fingerprint density at radius 1 is 1.32 bits per heavy atom. The first-order chi connectivity index (χ1) is 9.33. The lowest BCUT2D eigenvalue weighted by molar-refractivity contribution is 0.181. The monoisotopic (exact) mass is 260 g/mol. The van der Waals surface area contributed by atoms with Gasteiger partial charge in [-0.05, 0) is 45.1 Å². The van der Waals surface area contributed by atoms with Crippen LogP contribution in [0.2, 0.25) is 0 Å². The average molecular weight is 260 g/mol. The van der Waals surface area contributed by atoms with Crippen molar-refractivity contribution >= 4 is 0 Å². The molecule has 4 nitrogen and oxygen atoms in total. The van der Waals surface area contributed by atoms with Gasteiger partial charge in [0, 0.05) is 37.7 Å². The van der Waals surface area contributed by atoms with E-state index in [4.69, 9.17) is 0 Å². The lowest BCUT2D eigenvalue weighted by Gasteiger charge is -2.31. The van der Waals surface area contributed by atoms with E-state index in [1.165, 1.54) is 38.8 Å². The van der Waals surface area contributed by atoms with Crippen LogP contribution in [0.15, 0.2) is 18.6 Å². The van der Waals surface area contributed by atoms with E-state index in [1.54, 1.807) is 12.4 Å². The van der Waals surface area contributed by atoms with Crippen molar-refractivity contribution in [2.45, 2.75) is 44.7 Å². The van der Waals surface area contributed by atoms with Gasteiger partial charge in [-0.3, -0.25) is 14.9 Å². The van der Waals surface area contributed by atoms with Crippen LogP contribution in [0.5, 0.6) is 0 Å². The molecule has 1 saturated heterocycles. The fourth-order valence-corrected chi connectivity index (χ4v) is 2.93. The second kappa shape index (κ2) is 5.97. The van der Waals surface area contributed by atoms with Gasteiger partial charge in [0.25, 0.3) is 0 Å². The average Bonchev–Trinajstić information content (AvgIpc) is 3.12. The van der Waals surface area contributed by atoms with Gasteiger partial charge in [0.1, 0.15) is 0 Å². The van der Waals surface area contributed by atoms with Crippen LogP contribution in [0, 0.1) is 5.92 Å². The molecule has 0 aromatic carbocycles. The Morgan fingerprint density at radius 2 is 2.21 bits per heavy atom. The van der Waals surface area contributed by atoms with E-state index in [9.17, 15) is 0 Å². The van der Waals surface area contributed by atoms with Crippen molar-refractivity contribution in [3.63, 3.8) is 0 Å². The maximum Gasteiger partial charge on any atom is 0.0755 e. The topological polar surface area (TPSA) is 41.1 Å². The molecule has 2 aliphatic rings. The molecule has 0 bridgehead atoms. The molecule has 4 heteroatoms. The Morgan fingerprint density at radius 3 is 2.84 bits per heavy atom. The first-order valence-electron chi connectivity index (χ1n) is 7.56. The normalized spacial score (nSPS) is 24.8. The summed E-state index contributed by atoms with van der Waals surface area (Å²) in [5, 5.41) is 3.61. The van der Waals surface area contributed by atoms with E-state index in [0.717, 1.165) is 18.2 Å². The smallest absolute Gasteiger partial charge is 0.0755 e. The summed E-state index contributed by atoms with van der Waals surface area (Å²) in [6.07, 6.45) is 10.9. The van der Waals surface area contributed by atoms with Crippen LogP contribution in [0.25, 0.3) is 0 Å². The first-order valence-corrected chi connectivity index (χ1v) is 7.56. The second-order valence-corrected chi connectivity index (χ2v) is 6.00. The minimum Gasteiger partial charge on any atom is -0.313 e. The summed E-state index contributed by atoms with van der Waals surface area (Å²) in [5.41, 5.74) is 1.10. The molecule has 2 unspecified atom stereocenters. The Kier molecular flexibility index (Phi) is 4.09. The van der Waals surface area contributed by atoms with Crippen molar-refractivity contribution in [1.82, 2.24) is 20.2 Å².